The third-order valence-corrected chi connectivity index (χ3v) is 2.18. The van der Waals surface area contributed by atoms with E-state index in [1.807, 2.05) is 24.3 Å². The molecule has 1 rings (SSSR count). The van der Waals surface area contributed by atoms with Crippen LogP contribution in [0.5, 0.6) is 0 Å². The number of hydrogen-bond donors (Lipinski definition) is 1. The Bertz CT molecular complexity index is 438. The minimum Gasteiger partial charge on any atom is -0.477 e. The minimum absolute atomic E-state index is 0.247. The minimum atomic E-state index is -1.19. The SMILES string of the molecule is CCCc1ccc(C=C(C#N)C(=O)O)cc1. The van der Waals surface area contributed by atoms with Crippen LogP contribution in [-0.2, 0) is 11.2 Å². The quantitative estimate of drug-likeness (QED) is 0.620. The van der Waals surface area contributed by atoms with E-state index in [1.165, 1.54) is 11.6 Å². The van der Waals surface area contributed by atoms with E-state index in [-0.39, 0.29) is 5.57 Å². The molecule has 0 amide bonds. The van der Waals surface area contributed by atoms with Crippen LogP contribution in [0.1, 0.15) is 24.5 Å². The smallest absolute Gasteiger partial charge is 0.346 e. The summed E-state index contributed by atoms with van der Waals surface area (Å²) >= 11 is 0. The first-order valence-electron chi connectivity index (χ1n) is 5.11. The molecule has 0 aliphatic heterocycles. The lowest BCUT2D eigenvalue weighted by atomic mass is 10.1. The number of nitriles is 1. The maximum Gasteiger partial charge on any atom is 0.346 e. The van der Waals surface area contributed by atoms with Gasteiger partial charge in [0, 0.05) is 0 Å². The van der Waals surface area contributed by atoms with Crippen LogP contribution in [0.25, 0.3) is 6.08 Å². The second-order valence-electron chi connectivity index (χ2n) is 3.47. The van der Waals surface area contributed by atoms with Crippen LogP contribution in [-0.4, -0.2) is 11.1 Å². The van der Waals surface area contributed by atoms with Crippen molar-refractivity contribution in [2.75, 3.05) is 0 Å². The van der Waals surface area contributed by atoms with Gasteiger partial charge in [0.05, 0.1) is 0 Å². The van der Waals surface area contributed by atoms with Crippen molar-refractivity contribution in [2.45, 2.75) is 19.8 Å². The van der Waals surface area contributed by atoms with E-state index in [9.17, 15) is 4.79 Å². The monoisotopic (exact) mass is 215 g/mol. The summed E-state index contributed by atoms with van der Waals surface area (Å²) in [6.45, 7) is 2.10. The number of rotatable bonds is 4. The van der Waals surface area contributed by atoms with Gasteiger partial charge in [-0.3, -0.25) is 0 Å². The van der Waals surface area contributed by atoms with Crippen LogP contribution in [0.3, 0.4) is 0 Å². The molecule has 82 valence electrons. The first-order chi connectivity index (χ1) is 7.67. The maximum atomic E-state index is 10.6. The molecule has 0 fully saturated rings. The highest BCUT2D eigenvalue weighted by Crippen LogP contribution is 2.10. The average molecular weight is 215 g/mol. The van der Waals surface area contributed by atoms with Crippen molar-refractivity contribution in [3.05, 3.63) is 41.0 Å². The fraction of sp³-hybridized carbons (Fsp3) is 0.231. The lowest BCUT2D eigenvalue weighted by Crippen LogP contribution is -1.97. The second-order valence-corrected chi connectivity index (χ2v) is 3.47. The molecule has 3 heteroatoms. The third kappa shape index (κ3) is 3.25. The Balaban J connectivity index is 2.90. The van der Waals surface area contributed by atoms with Gasteiger partial charge in [-0.25, -0.2) is 4.79 Å². The average Bonchev–Trinajstić information content (AvgIpc) is 2.28. The van der Waals surface area contributed by atoms with Gasteiger partial charge in [-0.15, -0.1) is 0 Å². The molecule has 16 heavy (non-hydrogen) atoms. The predicted octanol–water partition coefficient (Wildman–Crippen LogP) is 2.63. The predicted molar refractivity (Wildman–Crippen MR) is 61.7 cm³/mol. The first kappa shape index (κ1) is 12.0. The van der Waals surface area contributed by atoms with Gasteiger partial charge in [-0.1, -0.05) is 37.6 Å². The number of aryl methyl sites for hydroxylation is 1. The van der Waals surface area contributed by atoms with Gasteiger partial charge >= 0.3 is 5.97 Å². The van der Waals surface area contributed by atoms with Crippen LogP contribution < -0.4 is 0 Å². The third-order valence-electron chi connectivity index (χ3n) is 2.18. The molecule has 0 bridgehead atoms. The van der Waals surface area contributed by atoms with Crippen LogP contribution in [0, 0.1) is 11.3 Å². The number of benzene rings is 1. The topological polar surface area (TPSA) is 61.1 Å². The summed E-state index contributed by atoms with van der Waals surface area (Å²) < 4.78 is 0. The lowest BCUT2D eigenvalue weighted by Gasteiger charge is -1.99. The number of carbonyl (C=O) groups is 1. The van der Waals surface area contributed by atoms with E-state index in [4.69, 9.17) is 10.4 Å². The van der Waals surface area contributed by atoms with E-state index in [1.54, 1.807) is 6.07 Å². The Labute approximate surface area is 94.6 Å². The summed E-state index contributed by atoms with van der Waals surface area (Å²) in [6.07, 6.45) is 3.46. The van der Waals surface area contributed by atoms with Crippen LogP contribution >= 0.6 is 0 Å². The molecular weight excluding hydrogens is 202 g/mol. The molecule has 1 aromatic carbocycles. The van der Waals surface area contributed by atoms with Gasteiger partial charge in [-0.05, 0) is 23.6 Å². The Morgan fingerprint density at radius 2 is 2.06 bits per heavy atom. The zero-order valence-corrected chi connectivity index (χ0v) is 9.10. The molecule has 1 aromatic rings. The molecule has 0 saturated carbocycles. The summed E-state index contributed by atoms with van der Waals surface area (Å²) in [4.78, 5) is 10.6. The molecule has 0 aliphatic rings. The summed E-state index contributed by atoms with van der Waals surface area (Å²) in [5, 5.41) is 17.3. The molecule has 0 unspecified atom stereocenters. The lowest BCUT2D eigenvalue weighted by molar-refractivity contribution is -0.132. The molecule has 0 heterocycles. The van der Waals surface area contributed by atoms with E-state index in [0.717, 1.165) is 18.4 Å². The molecule has 0 atom stereocenters. The Kier molecular flexibility index (Phi) is 4.28. The fourth-order valence-electron chi connectivity index (χ4n) is 1.38. The van der Waals surface area contributed by atoms with E-state index < -0.39 is 5.97 Å². The summed E-state index contributed by atoms with van der Waals surface area (Å²) in [7, 11) is 0. The van der Waals surface area contributed by atoms with Crippen molar-refractivity contribution in [1.82, 2.24) is 0 Å². The van der Waals surface area contributed by atoms with Crippen LogP contribution in [0.2, 0.25) is 0 Å². The fourth-order valence-corrected chi connectivity index (χ4v) is 1.38. The number of aliphatic carboxylic acids is 1. The second kappa shape index (κ2) is 5.72. The maximum absolute atomic E-state index is 10.6. The molecule has 1 N–H and O–H groups in total. The molecule has 3 nitrogen and oxygen atoms in total. The zero-order chi connectivity index (χ0) is 12.0. The number of hydrogen-bond acceptors (Lipinski definition) is 2. The highest BCUT2D eigenvalue weighted by Gasteiger charge is 2.05. The number of carboxylic acid groups (broad SMARTS) is 1. The van der Waals surface area contributed by atoms with Crippen molar-refractivity contribution >= 4 is 12.0 Å². The number of nitrogens with zero attached hydrogens (tertiary/aromatic N) is 1. The van der Waals surface area contributed by atoms with Crippen molar-refractivity contribution in [3.63, 3.8) is 0 Å². The van der Waals surface area contributed by atoms with Gasteiger partial charge in [0.25, 0.3) is 0 Å². The molecule has 0 aliphatic carbocycles. The van der Waals surface area contributed by atoms with Gasteiger partial charge in [-0.2, -0.15) is 5.26 Å². The van der Waals surface area contributed by atoms with Gasteiger partial charge in [0.2, 0.25) is 0 Å². The molecule has 0 aromatic heterocycles. The van der Waals surface area contributed by atoms with Crippen molar-refractivity contribution in [3.8, 4) is 6.07 Å². The van der Waals surface area contributed by atoms with Crippen molar-refractivity contribution in [1.29, 1.82) is 5.26 Å². The summed E-state index contributed by atoms with van der Waals surface area (Å²) in [5.41, 5.74) is 1.70. The summed E-state index contributed by atoms with van der Waals surface area (Å²) in [6, 6.07) is 9.20. The van der Waals surface area contributed by atoms with Crippen LogP contribution in [0.15, 0.2) is 29.8 Å². The Morgan fingerprint density at radius 3 is 2.50 bits per heavy atom. The van der Waals surface area contributed by atoms with Gasteiger partial charge < -0.3 is 5.11 Å². The van der Waals surface area contributed by atoms with Gasteiger partial charge in [0.15, 0.2) is 0 Å². The largest absolute Gasteiger partial charge is 0.477 e. The van der Waals surface area contributed by atoms with E-state index in [0.29, 0.717) is 0 Å². The Morgan fingerprint density at radius 1 is 1.44 bits per heavy atom. The molecule has 0 radical (unpaired) electrons. The van der Waals surface area contributed by atoms with Crippen molar-refractivity contribution < 1.29 is 9.90 Å². The highest BCUT2D eigenvalue weighted by atomic mass is 16.4. The molecule has 0 saturated heterocycles. The number of carboxylic acids is 1. The van der Waals surface area contributed by atoms with Crippen LogP contribution in [0.4, 0.5) is 0 Å². The van der Waals surface area contributed by atoms with Gasteiger partial charge in [0.1, 0.15) is 11.6 Å². The molecule has 0 spiro atoms. The highest BCUT2D eigenvalue weighted by molar-refractivity contribution is 5.96. The summed E-state index contributed by atoms with van der Waals surface area (Å²) in [5.74, 6) is -1.19. The van der Waals surface area contributed by atoms with E-state index >= 15 is 0 Å². The first-order valence-corrected chi connectivity index (χ1v) is 5.11. The van der Waals surface area contributed by atoms with Crippen molar-refractivity contribution in [2.24, 2.45) is 0 Å². The molecular formula is C13H13NO2. The van der Waals surface area contributed by atoms with E-state index in [2.05, 4.69) is 6.92 Å². The normalized spacial score (nSPS) is 10.9. The Hall–Kier alpha value is -2.08. The zero-order valence-electron chi connectivity index (χ0n) is 9.10. The standard InChI is InChI=1S/C13H13NO2/c1-2-3-10-4-6-11(7-5-10)8-12(9-14)13(15)16/h4-8H,2-3H2,1H3,(H,15,16).